The quantitative estimate of drug-likeness (QED) is 0.0291. The summed E-state index contributed by atoms with van der Waals surface area (Å²) in [4.78, 5) is 37.2. The summed E-state index contributed by atoms with van der Waals surface area (Å²) < 4.78 is 135. The van der Waals surface area contributed by atoms with Crippen molar-refractivity contribution in [1.29, 1.82) is 42.1 Å². The third-order valence-electron chi connectivity index (χ3n) is 22.8. The molecule has 1 fully saturated rings. The van der Waals surface area contributed by atoms with Crippen LogP contribution in [0.2, 0.25) is 15.1 Å². The van der Waals surface area contributed by atoms with Crippen molar-refractivity contribution in [2.45, 2.75) is 121 Å². The lowest BCUT2D eigenvalue weighted by molar-refractivity contribution is 0.0734. The molecule has 1 saturated carbocycles. The zero-order valence-corrected chi connectivity index (χ0v) is 85.1. The van der Waals surface area contributed by atoms with Gasteiger partial charge in [-0.25, -0.2) is 73.8 Å². The van der Waals surface area contributed by atoms with E-state index < -0.39 is 69.2 Å². The van der Waals surface area contributed by atoms with Crippen LogP contribution in [0.5, 0.6) is 28.7 Å². The third kappa shape index (κ3) is 30.1. The molecule has 33 heteroatoms. The van der Waals surface area contributed by atoms with Crippen LogP contribution in [0, 0.1) is 244 Å². The van der Waals surface area contributed by atoms with E-state index in [1.165, 1.54) is 102 Å². The largest absolute Gasteiger partial charge is 0.499 e. The maximum atomic E-state index is 14.3. The minimum Gasteiger partial charge on any atom is -0.499 e. The molecule has 0 atom stereocenters. The molecule has 14 rings (SSSR count). The fraction of sp³-hybridized carbons (Fsp3) is 0.197. The number of para-hydroxylation sites is 2. The van der Waals surface area contributed by atoms with Gasteiger partial charge in [0.1, 0.15) is 137 Å². The van der Waals surface area contributed by atoms with Gasteiger partial charge in [-0.3, -0.25) is 0 Å². The minimum atomic E-state index is -1.02. The summed E-state index contributed by atoms with van der Waals surface area (Å²) in [6.45, 7) is 82.4. The number of carbonyl (C=O) groups is 1. The number of nitrogens with zero attached hydrogens (tertiary/aromatic N) is 15. The first kappa shape index (κ1) is 120. The Hall–Kier alpha value is -19.0. The molecule has 1 aliphatic carbocycles. The summed E-state index contributed by atoms with van der Waals surface area (Å²) >= 11 is 17.7. The Balaban J connectivity index is 0.000000262. The molecular weight excluding hydrogens is 1980 g/mol. The fourth-order valence-corrected chi connectivity index (χ4v) is 15.4. The Labute approximate surface area is 879 Å². The number of aromatic amines is 1. The first-order chi connectivity index (χ1) is 71.6. The Morgan fingerprint density at radius 2 is 0.873 bits per heavy atom. The molecule has 0 radical (unpaired) electrons. The van der Waals surface area contributed by atoms with Gasteiger partial charge in [-0.15, -0.1) is 0 Å². The van der Waals surface area contributed by atoms with E-state index in [1.807, 2.05) is 57.2 Å². The third-order valence-corrected chi connectivity index (χ3v) is 23.9. The normalized spacial score (nSPS) is 11.2. The van der Waals surface area contributed by atoms with E-state index in [-0.39, 0.29) is 138 Å². The number of halogens is 11. The van der Waals surface area contributed by atoms with E-state index >= 15 is 0 Å². The number of carbonyl (C=O) groups excluding carboxylic acids is 1. The van der Waals surface area contributed by atoms with Crippen molar-refractivity contribution in [3.05, 3.63) is 431 Å². The Kier molecular flexibility index (Phi) is 46.3. The predicted molar refractivity (Wildman–Crippen MR) is 562 cm³/mol. The highest BCUT2D eigenvalue weighted by molar-refractivity contribution is 6.35. The molecule has 13 aromatic rings. The lowest BCUT2D eigenvalue weighted by Crippen LogP contribution is -2.13. The molecule has 0 unspecified atom stereocenters. The van der Waals surface area contributed by atoms with E-state index in [4.69, 9.17) is 147 Å². The predicted octanol–water partition coefficient (Wildman–Crippen LogP) is 33.7. The van der Waals surface area contributed by atoms with E-state index in [0.29, 0.717) is 44.7 Å². The zero-order chi connectivity index (χ0) is 112. The second-order valence-corrected chi connectivity index (χ2v) is 33.9. The topological polar surface area (TPSA) is 300 Å². The van der Waals surface area contributed by atoms with Crippen molar-refractivity contribution in [3.8, 4) is 77.3 Å². The van der Waals surface area contributed by atoms with Crippen molar-refractivity contribution in [2.24, 2.45) is 5.92 Å². The van der Waals surface area contributed by atoms with Crippen LogP contribution in [0.25, 0.3) is 66.5 Å². The number of ether oxygens (including phenoxy) is 5. The maximum Gasteiger partial charge on any atom is 0.343 e. The van der Waals surface area contributed by atoms with Gasteiger partial charge >= 0.3 is 5.97 Å². The molecule has 0 saturated heterocycles. The van der Waals surface area contributed by atoms with Crippen molar-refractivity contribution in [3.63, 3.8) is 0 Å². The Morgan fingerprint density at radius 3 is 1.35 bits per heavy atom. The summed E-state index contributed by atoms with van der Waals surface area (Å²) in [7, 11) is 0. The number of nitriles is 8. The van der Waals surface area contributed by atoms with Crippen molar-refractivity contribution >= 4 is 113 Å². The summed E-state index contributed by atoms with van der Waals surface area (Å²) in [5, 5.41) is 73.8. The second-order valence-electron chi connectivity index (χ2n) is 32.8. The van der Waals surface area contributed by atoms with E-state index in [0.717, 1.165) is 63.4 Å². The van der Waals surface area contributed by atoms with Crippen LogP contribution in [0.1, 0.15) is 170 Å². The summed E-state index contributed by atoms with van der Waals surface area (Å²) in [5.41, 5.74) is 9.26. The monoisotopic (exact) mass is 2070 g/mol. The standard InChI is InChI=1S/C24H23FN2O2.C16H14ClFN2O2.C14H10ClFN2O2.C13H7FN2.C12H9N.C11H9FN2.C11H12FN.C8H2ClFN2.C8H3FN2/c1-3-4-16-5-7-17(8-6-16)18-9-11-19(12-10-18)24(28)29-21-13-20(15-26)23(25)22(14-21)27-2;1-9(2)7-21-15-11(6-19)13(18)14(20-5)16(12(15)17)22-8-10(3)4;1-4-6-19-13-9(8-17)11(16)12(18-3)14(10(13)15)20-7-5-2;1-8-3-4-10-9(5-8)6-12(16-2)13(14)11(10)7-15;1-3-7-11-9(5-1)10-6-2-4-8-12(10)13-11;1-6-7(2)9(5-13)10(12)11(14-4)8(6)3;1-6-7(2)9(4)11(12)10(5-13)8(6)3;1-12-7-3-2-6(10)5(4-11)8(7)9;1-11-7-2-3-8(9)6(4-7)5-10/h9-14,16-17H,3-8H2,1H3;1,3,7-8H2,2,4H3;4-5H,1-2,6-7H2;3-6H,1H3;1-8,13H;1-3H3;1-4H3;2-3H;2-4H. The average Bonchev–Trinajstić information content (AvgIpc) is 1.58. The van der Waals surface area contributed by atoms with Crippen LogP contribution in [0.3, 0.4) is 0 Å². The molecule has 1 aromatic heterocycles. The van der Waals surface area contributed by atoms with Crippen LogP contribution in [-0.4, -0.2) is 37.4 Å². The number of benzene rings is 12. The highest BCUT2D eigenvalue weighted by Crippen LogP contribution is 2.49. The number of fused-ring (bicyclic) bond motifs is 4. The van der Waals surface area contributed by atoms with Crippen LogP contribution >= 0.6 is 34.8 Å². The van der Waals surface area contributed by atoms with Gasteiger partial charge in [-0.05, 0) is 228 Å². The molecule has 0 bridgehead atoms. The number of hydrogen-bond acceptors (Lipinski definition) is 14. The summed E-state index contributed by atoms with van der Waals surface area (Å²) in [5.74, 6) is -5.91. The molecule has 150 heavy (non-hydrogen) atoms. The van der Waals surface area contributed by atoms with Gasteiger partial charge in [0.15, 0.2) is 40.3 Å². The first-order valence-electron chi connectivity index (χ1n) is 44.8. The van der Waals surface area contributed by atoms with Gasteiger partial charge < -0.3 is 28.7 Å². The molecule has 22 nitrogen and oxygen atoms in total. The minimum absolute atomic E-state index is 0.0147. The number of hydrogen-bond donors (Lipinski definition) is 1. The van der Waals surface area contributed by atoms with E-state index in [9.17, 15) is 39.9 Å². The number of nitrogens with one attached hydrogen (secondary N) is 1. The molecule has 750 valence electrons. The Bertz CT molecular complexity index is 7870. The lowest BCUT2D eigenvalue weighted by atomic mass is 9.77. The van der Waals surface area contributed by atoms with Gasteiger partial charge in [0.25, 0.3) is 11.4 Å². The van der Waals surface area contributed by atoms with Crippen molar-refractivity contribution in [1.82, 2.24) is 4.98 Å². The van der Waals surface area contributed by atoms with Gasteiger partial charge in [-0.2, -0.15) is 42.1 Å². The zero-order valence-electron chi connectivity index (χ0n) is 82.8. The van der Waals surface area contributed by atoms with Crippen LogP contribution in [-0.2, 0) is 0 Å². The molecule has 1 N–H and O–H groups in total. The first-order valence-corrected chi connectivity index (χ1v) is 45.9. The van der Waals surface area contributed by atoms with Gasteiger partial charge in [0.2, 0.25) is 22.7 Å². The van der Waals surface area contributed by atoms with Crippen LogP contribution in [0.15, 0.2) is 189 Å². The number of aryl methyl sites for hydroxylation is 1. The molecule has 12 aromatic carbocycles. The van der Waals surface area contributed by atoms with Crippen molar-refractivity contribution < 1.29 is 63.6 Å². The number of aromatic nitrogens is 1. The second kappa shape index (κ2) is 58.1. The van der Waals surface area contributed by atoms with E-state index in [1.54, 1.807) is 103 Å². The molecule has 1 aliphatic rings. The fourth-order valence-electron chi connectivity index (χ4n) is 14.6. The average molecular weight is 2070 g/mol. The Morgan fingerprint density at radius 1 is 0.420 bits per heavy atom. The summed E-state index contributed by atoms with van der Waals surface area (Å²) in [6.07, 6.45) is 10.3. The van der Waals surface area contributed by atoms with Crippen molar-refractivity contribution in [2.75, 3.05) is 26.4 Å². The smallest absolute Gasteiger partial charge is 0.343 e. The number of esters is 1. The number of rotatable bonds is 17. The highest BCUT2D eigenvalue weighted by atomic mass is 35.5. The molecular formula is C117H89Cl3F8N16O6. The van der Waals surface area contributed by atoms with Gasteiger partial charge in [0.05, 0.1) is 90.0 Å². The summed E-state index contributed by atoms with van der Waals surface area (Å²) in [6, 6.07) is 53.0. The van der Waals surface area contributed by atoms with Crippen LogP contribution < -0.4 is 23.7 Å². The lowest BCUT2D eigenvalue weighted by Gasteiger charge is -2.28. The molecule has 0 spiro atoms. The van der Waals surface area contributed by atoms with Crippen LogP contribution in [0.4, 0.5) is 74.9 Å². The maximum absolute atomic E-state index is 14.3. The van der Waals surface area contributed by atoms with Gasteiger partial charge in [-0.1, -0.05) is 183 Å². The SMILES string of the molecule is Cc1c(C)c(C)c(C#N)c(F)c1C.[C-]#[N+]c1c(C)c(C)c(C)c(C#N)c1F.[C-]#[N+]c1c(F)c(C#N)c(OCC(=C)C)c(Cl)c1OCC(=C)C.[C-]#[N+]c1c(F)c(C#N)c(OCC=C)c(Cl)c1OCC=C.[C-]#[N+]c1cc(OC(=O)c2ccc(C3CCC(CCC)CC3)cc2)cc(C#N)c1F.[C-]#[N+]c1cc2cc(C)ccc2c(C#N)c1F.[C-]#[N+]c1ccc(F)c(C#N)c1.[C-]#[N+]c1ccc(F)c(C#N)c1Cl.c1ccc2c(c1)[nH]c1ccccc12. The highest BCUT2D eigenvalue weighted by Gasteiger charge is 2.30. The van der Waals surface area contributed by atoms with E-state index in [2.05, 4.69) is 121 Å². The molecule has 0 aliphatic heterocycles. The molecule has 1 heterocycles. The molecule has 0 amide bonds. The number of H-pyrrole nitrogens is 1. The van der Waals surface area contributed by atoms with Gasteiger partial charge in [0, 0.05) is 21.8 Å².